The van der Waals surface area contributed by atoms with E-state index in [1.807, 2.05) is 24.3 Å². The van der Waals surface area contributed by atoms with Gasteiger partial charge in [0.05, 0.1) is 0 Å². The van der Waals surface area contributed by atoms with Crippen molar-refractivity contribution in [3.8, 4) is 0 Å². The Morgan fingerprint density at radius 1 is 1.18 bits per heavy atom. The van der Waals surface area contributed by atoms with Crippen LogP contribution in [0.3, 0.4) is 0 Å². The molecule has 176 valence electrons. The third kappa shape index (κ3) is 7.82. The van der Waals surface area contributed by atoms with Gasteiger partial charge < -0.3 is 10.1 Å². The van der Waals surface area contributed by atoms with Crippen molar-refractivity contribution in [2.75, 3.05) is 25.0 Å². The molecule has 0 radical (unpaired) electrons. The Balaban J connectivity index is 1.21. The van der Waals surface area contributed by atoms with Gasteiger partial charge >= 0.3 is 0 Å². The van der Waals surface area contributed by atoms with E-state index in [1.54, 1.807) is 12.3 Å². The Kier molecular flexibility index (Phi) is 8.72. The van der Waals surface area contributed by atoms with Gasteiger partial charge in [-0.25, -0.2) is 15.3 Å². The third-order valence-corrected chi connectivity index (χ3v) is 6.07. The van der Waals surface area contributed by atoms with Crippen LogP contribution in [-0.4, -0.2) is 47.8 Å². The molecule has 2 saturated heterocycles. The zero-order valence-electron chi connectivity index (χ0n) is 18.7. The molecule has 0 saturated carbocycles. The first-order valence-corrected chi connectivity index (χ1v) is 12.0. The molecule has 3 heterocycles. The summed E-state index contributed by atoms with van der Waals surface area (Å²) in [7, 11) is 0. The van der Waals surface area contributed by atoms with Crippen LogP contribution in [0.25, 0.3) is 6.08 Å². The number of ether oxygens (including phenoxy) is 1. The standard InChI is InChI=1S/C25H31ClN4O3/c26-21-10-6-20(7-11-21)17-30-14-3-4-22(18-30)28-23-12-8-19(16-27-23)9-13-24(31)29-33-25-5-1-2-15-32-25/h6-13,16,22,25H,1-5,14-15,17-18H2,(H,27,28)(H,29,31)/b13-9+/t22-,25?/m1/s1. The van der Waals surface area contributed by atoms with Crippen LogP contribution < -0.4 is 10.8 Å². The molecule has 0 aliphatic carbocycles. The van der Waals surface area contributed by atoms with E-state index in [9.17, 15) is 4.79 Å². The van der Waals surface area contributed by atoms with Crippen LogP contribution in [0.2, 0.25) is 5.02 Å². The summed E-state index contributed by atoms with van der Waals surface area (Å²) in [4.78, 5) is 24.2. The number of nitrogens with zero attached hydrogens (tertiary/aromatic N) is 2. The maximum atomic E-state index is 11.9. The third-order valence-electron chi connectivity index (χ3n) is 5.82. The summed E-state index contributed by atoms with van der Waals surface area (Å²) in [5.74, 6) is 0.516. The number of hydrogen-bond acceptors (Lipinski definition) is 6. The molecule has 2 atom stereocenters. The summed E-state index contributed by atoms with van der Waals surface area (Å²) >= 11 is 5.99. The number of anilines is 1. The Morgan fingerprint density at radius 2 is 2.06 bits per heavy atom. The van der Waals surface area contributed by atoms with Crippen LogP contribution in [-0.2, 0) is 20.9 Å². The number of benzene rings is 1. The van der Waals surface area contributed by atoms with Crippen molar-refractivity contribution in [1.82, 2.24) is 15.4 Å². The topological polar surface area (TPSA) is 75.7 Å². The highest BCUT2D eigenvalue weighted by Crippen LogP contribution is 2.18. The minimum atomic E-state index is -0.356. The zero-order valence-corrected chi connectivity index (χ0v) is 19.5. The lowest BCUT2D eigenvalue weighted by molar-refractivity contribution is -0.198. The molecule has 1 amide bonds. The highest BCUT2D eigenvalue weighted by atomic mass is 35.5. The summed E-state index contributed by atoms with van der Waals surface area (Å²) in [5.41, 5.74) is 4.54. The summed E-state index contributed by atoms with van der Waals surface area (Å²) in [6.45, 7) is 3.66. The molecule has 0 spiro atoms. The predicted octanol–water partition coefficient (Wildman–Crippen LogP) is 4.40. The summed E-state index contributed by atoms with van der Waals surface area (Å²) in [6, 6.07) is 12.3. The van der Waals surface area contributed by atoms with Gasteiger partial charge in [-0.15, -0.1) is 0 Å². The molecule has 7 nitrogen and oxygen atoms in total. The van der Waals surface area contributed by atoms with Gasteiger partial charge in [0.15, 0.2) is 6.29 Å². The molecule has 33 heavy (non-hydrogen) atoms. The van der Waals surface area contributed by atoms with Gasteiger partial charge in [0.25, 0.3) is 5.91 Å². The van der Waals surface area contributed by atoms with Crippen molar-refractivity contribution in [3.05, 3.63) is 64.8 Å². The molecule has 1 aromatic heterocycles. The highest BCUT2D eigenvalue weighted by molar-refractivity contribution is 6.30. The van der Waals surface area contributed by atoms with Gasteiger partial charge in [-0.3, -0.25) is 9.69 Å². The van der Waals surface area contributed by atoms with E-state index in [0.717, 1.165) is 68.1 Å². The van der Waals surface area contributed by atoms with Crippen molar-refractivity contribution in [2.24, 2.45) is 0 Å². The summed E-state index contributed by atoms with van der Waals surface area (Å²) in [5, 5.41) is 4.31. The van der Waals surface area contributed by atoms with Crippen LogP contribution in [0.4, 0.5) is 5.82 Å². The van der Waals surface area contributed by atoms with Crippen molar-refractivity contribution in [1.29, 1.82) is 0 Å². The molecule has 4 rings (SSSR count). The van der Waals surface area contributed by atoms with Gasteiger partial charge in [0, 0.05) is 49.5 Å². The largest absolute Gasteiger partial charge is 0.366 e. The molecule has 8 heteroatoms. The van der Waals surface area contributed by atoms with Crippen molar-refractivity contribution in [3.63, 3.8) is 0 Å². The quantitative estimate of drug-likeness (QED) is 0.440. The second-order valence-electron chi connectivity index (χ2n) is 8.54. The van der Waals surface area contributed by atoms with E-state index in [-0.39, 0.29) is 12.2 Å². The Labute approximate surface area is 200 Å². The van der Waals surface area contributed by atoms with Crippen LogP contribution in [0.1, 0.15) is 43.2 Å². The highest BCUT2D eigenvalue weighted by Gasteiger charge is 2.20. The first kappa shape index (κ1) is 23.7. The smallest absolute Gasteiger partial charge is 0.267 e. The van der Waals surface area contributed by atoms with Crippen molar-refractivity contribution < 1.29 is 14.4 Å². The minimum absolute atomic E-state index is 0.325. The number of aromatic nitrogens is 1. The molecule has 2 N–H and O–H groups in total. The van der Waals surface area contributed by atoms with E-state index < -0.39 is 0 Å². The number of pyridine rings is 1. The normalized spacial score (nSPS) is 21.7. The second kappa shape index (κ2) is 12.1. The number of carbonyl (C=O) groups excluding carboxylic acids is 1. The number of nitrogens with one attached hydrogen (secondary N) is 2. The number of amides is 1. The number of hydrogen-bond donors (Lipinski definition) is 2. The maximum Gasteiger partial charge on any atom is 0.267 e. The van der Waals surface area contributed by atoms with Gasteiger partial charge in [-0.05, 0) is 73.7 Å². The minimum Gasteiger partial charge on any atom is -0.366 e. The number of carbonyl (C=O) groups is 1. The molecule has 2 aliphatic heterocycles. The van der Waals surface area contributed by atoms with Gasteiger partial charge in [0.2, 0.25) is 0 Å². The van der Waals surface area contributed by atoms with Gasteiger partial charge in [-0.1, -0.05) is 23.7 Å². The Morgan fingerprint density at radius 3 is 2.82 bits per heavy atom. The van der Waals surface area contributed by atoms with Gasteiger partial charge in [0.1, 0.15) is 5.82 Å². The summed E-state index contributed by atoms with van der Waals surface area (Å²) < 4.78 is 5.42. The van der Waals surface area contributed by atoms with E-state index in [4.69, 9.17) is 21.2 Å². The number of hydroxylamine groups is 1. The van der Waals surface area contributed by atoms with Crippen LogP contribution >= 0.6 is 11.6 Å². The molecule has 2 aromatic rings. The molecular formula is C25H31ClN4O3. The first-order chi connectivity index (χ1) is 16.1. The molecule has 1 unspecified atom stereocenters. The lowest BCUT2D eigenvalue weighted by Crippen LogP contribution is -2.41. The monoisotopic (exact) mass is 470 g/mol. The van der Waals surface area contributed by atoms with E-state index in [0.29, 0.717) is 12.6 Å². The van der Waals surface area contributed by atoms with E-state index >= 15 is 0 Å². The molecule has 2 fully saturated rings. The zero-order chi connectivity index (χ0) is 22.9. The second-order valence-corrected chi connectivity index (χ2v) is 8.97. The fourth-order valence-corrected chi connectivity index (χ4v) is 4.22. The Bertz CT molecular complexity index is 914. The van der Waals surface area contributed by atoms with E-state index in [1.165, 1.54) is 11.6 Å². The summed E-state index contributed by atoms with van der Waals surface area (Å²) in [6.07, 6.45) is 9.69. The Hall–Kier alpha value is -2.45. The fourth-order valence-electron chi connectivity index (χ4n) is 4.10. The number of likely N-dealkylation sites (tertiary alicyclic amines) is 1. The predicted molar refractivity (Wildman–Crippen MR) is 129 cm³/mol. The van der Waals surface area contributed by atoms with Crippen LogP contribution in [0.5, 0.6) is 0 Å². The van der Waals surface area contributed by atoms with Crippen LogP contribution in [0, 0.1) is 0 Å². The van der Waals surface area contributed by atoms with Crippen molar-refractivity contribution >= 4 is 29.4 Å². The molecule has 1 aromatic carbocycles. The number of piperidine rings is 1. The van der Waals surface area contributed by atoms with Crippen LogP contribution in [0.15, 0.2) is 48.7 Å². The lowest BCUT2D eigenvalue weighted by Gasteiger charge is -2.33. The number of rotatable bonds is 8. The molecule has 2 aliphatic rings. The lowest BCUT2D eigenvalue weighted by atomic mass is 10.0. The molecular weight excluding hydrogens is 440 g/mol. The first-order valence-electron chi connectivity index (χ1n) is 11.6. The van der Waals surface area contributed by atoms with Crippen molar-refractivity contribution in [2.45, 2.75) is 51.0 Å². The van der Waals surface area contributed by atoms with Gasteiger partial charge in [-0.2, -0.15) is 0 Å². The average Bonchev–Trinajstić information content (AvgIpc) is 2.85. The maximum absolute atomic E-state index is 11.9. The molecule has 0 bridgehead atoms. The van der Waals surface area contributed by atoms with E-state index in [2.05, 4.69) is 32.8 Å². The average molecular weight is 471 g/mol. The SMILES string of the molecule is O=C(/C=C/c1ccc(N[C@@H]2CCCN(Cc3ccc(Cl)cc3)C2)nc1)NOC1CCCCO1. The number of halogens is 1. The fraction of sp³-hybridized carbons (Fsp3) is 0.440.